The topological polar surface area (TPSA) is 95.3 Å². The number of hydrogen-bond acceptors (Lipinski definition) is 7. The van der Waals surface area contributed by atoms with Crippen LogP contribution >= 0.6 is 11.6 Å². The molecule has 0 radical (unpaired) electrons. The number of nitrogens with one attached hydrogen (secondary N) is 1. The fourth-order valence-corrected chi connectivity index (χ4v) is 3.49. The lowest BCUT2D eigenvalue weighted by molar-refractivity contribution is -0.136. The molecule has 2 heterocycles. The Morgan fingerprint density at radius 2 is 1.67 bits per heavy atom. The fraction of sp³-hybridized carbons (Fsp3) is 0.143. The summed E-state index contributed by atoms with van der Waals surface area (Å²) in [6.45, 7) is 0. The summed E-state index contributed by atoms with van der Waals surface area (Å²) in [6.07, 6.45) is 1.40. The smallest absolute Gasteiger partial charge is 0.338 e. The van der Waals surface area contributed by atoms with E-state index in [4.69, 9.17) is 21.1 Å². The van der Waals surface area contributed by atoms with Gasteiger partial charge in [0.05, 0.1) is 31.1 Å². The Balaban J connectivity index is 1.90. The largest absolute Gasteiger partial charge is 0.466 e. The third-order valence-corrected chi connectivity index (χ3v) is 5.03. The first-order valence-electron chi connectivity index (χ1n) is 8.96. The van der Waals surface area contributed by atoms with E-state index in [1.54, 1.807) is 53.2 Å². The molecule has 0 spiro atoms. The molecule has 0 saturated carbocycles. The standard InChI is InChI=1S/C21H17ClN4O4/c1-29-19(27)14-5-3-13(4-6-14)18-16(20(28)30-2)17(12-7-9-15(22)10-8-12)25-21-23-11-24-26(18)21/h3-11,18H,1-2H3,(H,23,24,25)/t18-/m0/s1. The number of rotatable bonds is 4. The molecule has 152 valence electrons. The van der Waals surface area contributed by atoms with Gasteiger partial charge in [0.25, 0.3) is 0 Å². The predicted molar refractivity (Wildman–Crippen MR) is 110 cm³/mol. The number of carbonyl (C=O) groups excluding carboxylic acids is 2. The number of anilines is 1. The van der Waals surface area contributed by atoms with Crippen molar-refractivity contribution in [2.24, 2.45) is 0 Å². The summed E-state index contributed by atoms with van der Waals surface area (Å²) in [6, 6.07) is 13.2. The van der Waals surface area contributed by atoms with Crippen LogP contribution in [0.2, 0.25) is 5.02 Å². The minimum absolute atomic E-state index is 0.351. The lowest BCUT2D eigenvalue weighted by Crippen LogP contribution is -2.29. The van der Waals surface area contributed by atoms with E-state index in [9.17, 15) is 9.59 Å². The highest BCUT2D eigenvalue weighted by Crippen LogP contribution is 2.39. The van der Waals surface area contributed by atoms with Crippen molar-refractivity contribution >= 4 is 35.2 Å². The fourth-order valence-electron chi connectivity index (χ4n) is 3.36. The van der Waals surface area contributed by atoms with Crippen LogP contribution in [0, 0.1) is 0 Å². The zero-order chi connectivity index (χ0) is 21.3. The molecule has 9 heteroatoms. The molecule has 1 atom stereocenters. The normalized spacial score (nSPS) is 15.2. The molecule has 0 saturated heterocycles. The van der Waals surface area contributed by atoms with Gasteiger partial charge >= 0.3 is 11.9 Å². The van der Waals surface area contributed by atoms with Crippen molar-refractivity contribution in [3.8, 4) is 0 Å². The van der Waals surface area contributed by atoms with Crippen molar-refractivity contribution in [1.82, 2.24) is 14.8 Å². The molecule has 1 aliphatic heterocycles. The van der Waals surface area contributed by atoms with Crippen molar-refractivity contribution in [2.45, 2.75) is 6.04 Å². The van der Waals surface area contributed by atoms with E-state index in [0.29, 0.717) is 27.8 Å². The van der Waals surface area contributed by atoms with Gasteiger partial charge in [0.1, 0.15) is 12.4 Å². The molecular formula is C21H17ClN4O4. The van der Waals surface area contributed by atoms with Crippen molar-refractivity contribution in [3.05, 3.63) is 82.1 Å². The first-order chi connectivity index (χ1) is 14.5. The highest BCUT2D eigenvalue weighted by Gasteiger charge is 2.36. The Morgan fingerprint density at radius 3 is 2.30 bits per heavy atom. The first-order valence-corrected chi connectivity index (χ1v) is 9.34. The van der Waals surface area contributed by atoms with Crippen molar-refractivity contribution in [3.63, 3.8) is 0 Å². The summed E-state index contributed by atoms with van der Waals surface area (Å²) in [4.78, 5) is 28.9. The second-order valence-corrected chi connectivity index (χ2v) is 6.89. The Bertz CT molecular complexity index is 1140. The van der Waals surface area contributed by atoms with E-state index in [2.05, 4.69) is 15.4 Å². The van der Waals surface area contributed by atoms with E-state index in [0.717, 1.165) is 11.1 Å². The Kier molecular flexibility index (Phi) is 5.24. The highest BCUT2D eigenvalue weighted by atomic mass is 35.5. The van der Waals surface area contributed by atoms with Crippen LogP contribution in [0.15, 0.2) is 60.4 Å². The molecule has 0 fully saturated rings. The van der Waals surface area contributed by atoms with E-state index in [1.807, 2.05) is 0 Å². The van der Waals surface area contributed by atoms with Crippen LogP contribution in [-0.2, 0) is 14.3 Å². The van der Waals surface area contributed by atoms with E-state index >= 15 is 0 Å². The number of esters is 2. The zero-order valence-electron chi connectivity index (χ0n) is 16.1. The van der Waals surface area contributed by atoms with Gasteiger partial charge in [0, 0.05) is 5.02 Å². The molecule has 0 aliphatic carbocycles. The highest BCUT2D eigenvalue weighted by molar-refractivity contribution is 6.30. The van der Waals surface area contributed by atoms with Gasteiger partial charge in [-0.2, -0.15) is 10.1 Å². The molecule has 30 heavy (non-hydrogen) atoms. The molecule has 0 amide bonds. The van der Waals surface area contributed by atoms with Crippen molar-refractivity contribution in [2.75, 3.05) is 19.5 Å². The number of hydrogen-bond donors (Lipinski definition) is 1. The van der Waals surface area contributed by atoms with E-state index < -0.39 is 18.0 Å². The maximum atomic E-state index is 12.9. The molecule has 1 aromatic heterocycles. The summed E-state index contributed by atoms with van der Waals surface area (Å²) in [7, 11) is 2.64. The van der Waals surface area contributed by atoms with E-state index in [-0.39, 0.29) is 0 Å². The third-order valence-electron chi connectivity index (χ3n) is 4.78. The SMILES string of the molecule is COC(=O)C1=C(c2ccc(Cl)cc2)Nc2ncnn2[C@H]1c1ccc(C(=O)OC)cc1. The number of ether oxygens (including phenoxy) is 2. The molecule has 1 aliphatic rings. The third kappa shape index (κ3) is 3.42. The van der Waals surface area contributed by atoms with Crippen molar-refractivity contribution < 1.29 is 19.1 Å². The average Bonchev–Trinajstić information content (AvgIpc) is 3.26. The summed E-state index contributed by atoms with van der Waals surface area (Å²) >= 11 is 6.02. The van der Waals surface area contributed by atoms with Gasteiger partial charge in [-0.05, 0) is 35.4 Å². The average molecular weight is 425 g/mol. The lowest BCUT2D eigenvalue weighted by Gasteiger charge is -2.29. The predicted octanol–water partition coefficient (Wildman–Crippen LogP) is 3.32. The minimum Gasteiger partial charge on any atom is -0.466 e. The monoisotopic (exact) mass is 424 g/mol. The summed E-state index contributed by atoms with van der Waals surface area (Å²) in [5.74, 6) is -0.496. The molecular weight excluding hydrogens is 408 g/mol. The van der Waals surface area contributed by atoms with Gasteiger partial charge in [-0.1, -0.05) is 35.9 Å². The maximum Gasteiger partial charge on any atom is 0.338 e. The Labute approximate surface area is 177 Å². The molecule has 2 aromatic carbocycles. The van der Waals surface area contributed by atoms with Crippen LogP contribution in [0.1, 0.15) is 27.5 Å². The summed E-state index contributed by atoms with van der Waals surface area (Å²) in [5.41, 5.74) is 2.76. The van der Waals surface area contributed by atoms with E-state index in [1.165, 1.54) is 20.5 Å². The quantitative estimate of drug-likeness (QED) is 0.642. The van der Waals surface area contributed by atoms with Crippen LogP contribution in [0.3, 0.4) is 0 Å². The molecule has 0 bridgehead atoms. The number of fused-ring (bicyclic) bond motifs is 1. The molecule has 8 nitrogen and oxygen atoms in total. The van der Waals surface area contributed by atoms with Crippen LogP contribution in [0.4, 0.5) is 5.95 Å². The summed E-state index contributed by atoms with van der Waals surface area (Å²) < 4.78 is 11.4. The van der Waals surface area contributed by atoms with Gasteiger partial charge < -0.3 is 14.8 Å². The number of carbonyl (C=O) groups is 2. The van der Waals surface area contributed by atoms with Gasteiger partial charge in [-0.25, -0.2) is 14.3 Å². The number of methoxy groups -OCH3 is 2. The molecule has 1 N–H and O–H groups in total. The maximum absolute atomic E-state index is 12.9. The lowest BCUT2D eigenvalue weighted by atomic mass is 9.92. The Morgan fingerprint density at radius 1 is 1.00 bits per heavy atom. The van der Waals surface area contributed by atoms with Crippen LogP contribution in [0.5, 0.6) is 0 Å². The Hall–Kier alpha value is -3.65. The van der Waals surface area contributed by atoms with Gasteiger partial charge in [0.2, 0.25) is 5.95 Å². The molecule has 3 aromatic rings. The first kappa shape index (κ1) is 19.7. The van der Waals surface area contributed by atoms with Crippen LogP contribution in [0.25, 0.3) is 5.70 Å². The van der Waals surface area contributed by atoms with Gasteiger partial charge in [-0.15, -0.1) is 0 Å². The second-order valence-electron chi connectivity index (χ2n) is 6.46. The zero-order valence-corrected chi connectivity index (χ0v) is 16.9. The number of nitrogens with zero attached hydrogens (tertiary/aromatic N) is 3. The molecule has 4 rings (SSSR count). The summed E-state index contributed by atoms with van der Waals surface area (Å²) in [5, 5.41) is 8.03. The van der Waals surface area contributed by atoms with Crippen molar-refractivity contribution in [1.29, 1.82) is 0 Å². The minimum atomic E-state index is -0.617. The molecule has 0 unspecified atom stereocenters. The van der Waals surface area contributed by atoms with Crippen LogP contribution in [-0.4, -0.2) is 40.9 Å². The number of benzene rings is 2. The van der Waals surface area contributed by atoms with Gasteiger partial charge in [0.15, 0.2) is 0 Å². The number of aromatic nitrogens is 3. The number of halogens is 1. The second kappa shape index (κ2) is 8.00. The van der Waals surface area contributed by atoms with Crippen LogP contribution < -0.4 is 5.32 Å². The van der Waals surface area contributed by atoms with Gasteiger partial charge in [-0.3, -0.25) is 0 Å².